The van der Waals surface area contributed by atoms with Crippen molar-refractivity contribution in [3.63, 3.8) is 0 Å². The van der Waals surface area contributed by atoms with E-state index in [0.29, 0.717) is 0 Å². The Morgan fingerprint density at radius 3 is 1.80 bits per heavy atom. The summed E-state index contributed by atoms with van der Waals surface area (Å²) in [5.74, 6) is 0. The van der Waals surface area contributed by atoms with Crippen LogP contribution in [0.3, 0.4) is 0 Å². The van der Waals surface area contributed by atoms with E-state index in [0.717, 1.165) is 0 Å². The summed E-state index contributed by atoms with van der Waals surface area (Å²) in [4.78, 5) is 39.7. The molecule has 0 aromatic heterocycles. The standard InChI is InChI=1S/C8H12NO4P.2C3H6/c9-6-8(10)14(11,12,13)7-4-2-1-3-5-7;2*1-3-2/h1-5,11-13H,6,9H2;2*3H,1H2,2H3. The topological polar surface area (TPSA) is 104 Å². The summed E-state index contributed by atoms with van der Waals surface area (Å²) in [5, 5.41) is -0.200. The summed E-state index contributed by atoms with van der Waals surface area (Å²) in [6, 6.07) is 7.14. The molecule has 6 heteroatoms. The van der Waals surface area contributed by atoms with Crippen molar-refractivity contribution in [3.8, 4) is 0 Å². The van der Waals surface area contributed by atoms with Crippen molar-refractivity contribution >= 4 is 18.1 Å². The molecule has 0 aliphatic carbocycles. The molecule has 0 amide bonds. The monoisotopic (exact) mass is 301 g/mol. The molecule has 5 nitrogen and oxygen atoms in total. The molecule has 1 aromatic rings. The van der Waals surface area contributed by atoms with Crippen LogP contribution in [0, 0.1) is 0 Å². The maximum absolute atomic E-state index is 11.1. The van der Waals surface area contributed by atoms with Gasteiger partial charge in [0.25, 0.3) is 0 Å². The fourth-order valence-corrected chi connectivity index (χ4v) is 2.36. The number of allylic oxidation sites excluding steroid dienone is 2. The minimum absolute atomic E-state index is 0.200. The number of benzene rings is 1. The molecule has 0 fully saturated rings. The van der Waals surface area contributed by atoms with Crippen molar-refractivity contribution in [2.24, 2.45) is 5.73 Å². The van der Waals surface area contributed by atoms with Crippen LogP contribution >= 0.6 is 7.28 Å². The van der Waals surface area contributed by atoms with Crippen LogP contribution in [0.2, 0.25) is 0 Å². The zero-order valence-corrected chi connectivity index (χ0v) is 12.8. The average molecular weight is 301 g/mol. The van der Waals surface area contributed by atoms with E-state index < -0.39 is 19.4 Å². The Bertz CT molecular complexity index is 418. The number of hydrogen-bond acceptors (Lipinski definition) is 5. The third kappa shape index (κ3) is 6.70. The number of rotatable bonds is 3. The summed E-state index contributed by atoms with van der Waals surface area (Å²) in [6.07, 6.45) is 3.50. The Hall–Kier alpha value is -1.36. The first-order valence-electron chi connectivity index (χ1n) is 5.90. The van der Waals surface area contributed by atoms with Gasteiger partial charge < -0.3 is 0 Å². The first kappa shape index (κ1) is 20.9. The molecular formula is C14H24NO4P. The molecule has 5 N–H and O–H groups in total. The second kappa shape index (κ2) is 9.53. The number of carbonyl (C=O) groups excluding carboxylic acids is 1. The number of nitrogens with two attached hydrogens (primary N) is 1. The van der Waals surface area contributed by atoms with Gasteiger partial charge in [0.1, 0.15) is 0 Å². The Morgan fingerprint density at radius 1 is 1.15 bits per heavy atom. The predicted molar refractivity (Wildman–Crippen MR) is 85.5 cm³/mol. The Labute approximate surface area is 120 Å². The van der Waals surface area contributed by atoms with Gasteiger partial charge in [0, 0.05) is 0 Å². The van der Waals surface area contributed by atoms with Gasteiger partial charge >= 0.3 is 80.2 Å². The van der Waals surface area contributed by atoms with Crippen molar-refractivity contribution in [2.75, 3.05) is 6.54 Å². The van der Waals surface area contributed by atoms with Gasteiger partial charge in [0.2, 0.25) is 0 Å². The van der Waals surface area contributed by atoms with Gasteiger partial charge in [-0.3, -0.25) is 0 Å². The molecule has 0 radical (unpaired) electrons. The zero-order valence-electron chi connectivity index (χ0n) is 11.9. The molecule has 114 valence electrons. The Morgan fingerprint density at radius 2 is 1.50 bits per heavy atom. The molecule has 0 unspecified atom stereocenters. The van der Waals surface area contributed by atoms with Crippen molar-refractivity contribution < 1.29 is 19.5 Å². The quantitative estimate of drug-likeness (QED) is 0.500. The zero-order chi connectivity index (χ0) is 16.3. The summed E-state index contributed by atoms with van der Waals surface area (Å²) in [6.45, 7) is 9.89. The summed E-state index contributed by atoms with van der Waals surface area (Å²) in [5.41, 5.74) is 3.83. The fraction of sp³-hybridized carbons (Fsp3) is 0.214. The van der Waals surface area contributed by atoms with Crippen molar-refractivity contribution in [1.82, 2.24) is 0 Å². The van der Waals surface area contributed by atoms with Gasteiger partial charge in [-0.15, -0.1) is 13.2 Å². The van der Waals surface area contributed by atoms with Crippen molar-refractivity contribution in [2.45, 2.75) is 13.8 Å². The summed E-state index contributed by atoms with van der Waals surface area (Å²) < 4.78 is 0. The predicted octanol–water partition coefficient (Wildman–Crippen LogP) is 1.46. The van der Waals surface area contributed by atoms with Gasteiger partial charge in [0.15, 0.2) is 0 Å². The van der Waals surface area contributed by atoms with E-state index in [2.05, 4.69) is 13.2 Å². The normalized spacial score (nSPS) is 11.4. The van der Waals surface area contributed by atoms with E-state index in [4.69, 9.17) is 5.73 Å². The fourth-order valence-electron chi connectivity index (χ4n) is 1.01. The van der Waals surface area contributed by atoms with E-state index in [9.17, 15) is 19.5 Å². The molecule has 1 aromatic carbocycles. The molecule has 0 saturated heterocycles. The first-order chi connectivity index (χ1) is 9.20. The van der Waals surface area contributed by atoms with Gasteiger partial charge in [0.05, 0.1) is 0 Å². The van der Waals surface area contributed by atoms with E-state index in [-0.39, 0.29) is 5.30 Å². The SMILES string of the molecule is C=CC.C=CC.NCC(=O)P(O)(O)(O)c1ccccc1. The Balaban J connectivity index is 0. The van der Waals surface area contributed by atoms with Crippen LogP contribution in [0.25, 0.3) is 0 Å². The van der Waals surface area contributed by atoms with Crippen LogP contribution in [0.15, 0.2) is 55.6 Å². The summed E-state index contributed by atoms with van der Waals surface area (Å²) in [7, 11) is -5.42. The molecule has 0 heterocycles. The molecular weight excluding hydrogens is 277 g/mol. The second-order valence-corrected chi connectivity index (χ2v) is 6.71. The van der Waals surface area contributed by atoms with E-state index in [1.165, 1.54) is 24.3 Å². The second-order valence-electron chi connectivity index (χ2n) is 3.73. The maximum atomic E-state index is 11.1. The number of carbonyl (C=O) groups is 1. The van der Waals surface area contributed by atoms with Crippen LogP contribution in [-0.2, 0) is 4.79 Å². The van der Waals surface area contributed by atoms with Crippen LogP contribution in [0.4, 0.5) is 0 Å². The molecule has 0 saturated carbocycles. The van der Waals surface area contributed by atoms with Crippen LogP contribution in [0.1, 0.15) is 13.8 Å². The molecule has 0 aliphatic heterocycles. The molecule has 0 aliphatic rings. The van der Waals surface area contributed by atoms with Gasteiger partial charge in [-0.05, 0) is 13.8 Å². The first-order valence-corrected chi connectivity index (χ1v) is 7.99. The van der Waals surface area contributed by atoms with Crippen LogP contribution in [-0.4, -0.2) is 26.7 Å². The van der Waals surface area contributed by atoms with Crippen molar-refractivity contribution in [1.29, 1.82) is 0 Å². The van der Waals surface area contributed by atoms with Crippen LogP contribution < -0.4 is 11.0 Å². The minimum atomic E-state index is -5.42. The molecule has 0 atom stereocenters. The third-order valence-corrected chi connectivity index (χ3v) is 4.22. The average Bonchev–Trinajstić information content (AvgIpc) is 2.40. The van der Waals surface area contributed by atoms with Crippen LogP contribution in [0.5, 0.6) is 0 Å². The Kier molecular flexibility index (Phi) is 9.98. The molecule has 20 heavy (non-hydrogen) atoms. The molecule has 0 spiro atoms. The number of hydrogen-bond donors (Lipinski definition) is 4. The van der Waals surface area contributed by atoms with E-state index in [1.807, 2.05) is 13.8 Å². The van der Waals surface area contributed by atoms with E-state index >= 15 is 0 Å². The van der Waals surface area contributed by atoms with Gasteiger partial charge in [-0.25, -0.2) is 0 Å². The summed E-state index contributed by atoms with van der Waals surface area (Å²) >= 11 is 0. The van der Waals surface area contributed by atoms with Gasteiger partial charge in [-0.1, -0.05) is 12.2 Å². The molecule has 1 rings (SSSR count). The van der Waals surface area contributed by atoms with Crippen molar-refractivity contribution in [3.05, 3.63) is 55.6 Å². The third-order valence-electron chi connectivity index (χ3n) is 1.87. The molecule has 0 bridgehead atoms. The van der Waals surface area contributed by atoms with Gasteiger partial charge in [-0.2, -0.15) is 0 Å². The van der Waals surface area contributed by atoms with E-state index in [1.54, 1.807) is 18.2 Å².